The lowest BCUT2D eigenvalue weighted by Gasteiger charge is -2.42. The van der Waals surface area contributed by atoms with E-state index in [-0.39, 0.29) is 23.8 Å². The summed E-state index contributed by atoms with van der Waals surface area (Å²) in [5.41, 5.74) is 1.72. The van der Waals surface area contributed by atoms with Gasteiger partial charge in [-0.1, -0.05) is 6.07 Å². The molecule has 2 aliphatic heterocycles. The predicted molar refractivity (Wildman–Crippen MR) is 121 cm³/mol. The van der Waals surface area contributed by atoms with Crippen molar-refractivity contribution >= 4 is 11.8 Å². The minimum absolute atomic E-state index is 0.100. The third-order valence-electron chi connectivity index (χ3n) is 6.99. The van der Waals surface area contributed by atoms with Gasteiger partial charge in [-0.2, -0.15) is 5.10 Å². The van der Waals surface area contributed by atoms with E-state index in [9.17, 15) is 9.59 Å². The van der Waals surface area contributed by atoms with Gasteiger partial charge in [0.25, 0.3) is 5.91 Å². The van der Waals surface area contributed by atoms with Gasteiger partial charge in [-0.25, -0.2) is 0 Å². The van der Waals surface area contributed by atoms with Crippen LogP contribution >= 0.6 is 0 Å². The molecular weight excluding hydrogens is 418 g/mol. The van der Waals surface area contributed by atoms with Crippen LogP contribution in [0.15, 0.2) is 59.7 Å². The summed E-state index contributed by atoms with van der Waals surface area (Å²) < 4.78 is 7.13. The summed E-state index contributed by atoms with van der Waals surface area (Å²) in [6, 6.07) is 9.61. The number of amides is 2. The first-order valence-electron chi connectivity index (χ1n) is 11.5. The summed E-state index contributed by atoms with van der Waals surface area (Å²) in [4.78, 5) is 35.5. The van der Waals surface area contributed by atoms with E-state index >= 15 is 0 Å². The van der Waals surface area contributed by atoms with Crippen LogP contribution in [-0.4, -0.2) is 56.0 Å². The van der Waals surface area contributed by atoms with Gasteiger partial charge in [-0.05, 0) is 51.0 Å². The van der Waals surface area contributed by atoms with Crippen LogP contribution in [0.3, 0.4) is 0 Å². The highest BCUT2D eigenvalue weighted by Gasteiger charge is 2.57. The fraction of sp³-hybridized carbons (Fsp3) is 0.440. The molecule has 1 spiro atoms. The smallest absolute Gasteiger partial charge is 0.257 e. The van der Waals surface area contributed by atoms with Gasteiger partial charge < -0.3 is 14.2 Å². The molecule has 0 N–H and O–H groups in total. The maximum Gasteiger partial charge on any atom is 0.257 e. The van der Waals surface area contributed by atoms with Crippen LogP contribution in [0.2, 0.25) is 0 Å². The molecule has 2 atom stereocenters. The van der Waals surface area contributed by atoms with Gasteiger partial charge in [-0.3, -0.25) is 19.3 Å². The number of aromatic nitrogens is 3. The van der Waals surface area contributed by atoms with E-state index in [1.807, 2.05) is 38.7 Å². The Bertz CT molecular complexity index is 1120. The Kier molecular flexibility index (Phi) is 5.52. The zero-order valence-electron chi connectivity index (χ0n) is 19.1. The quantitative estimate of drug-likeness (QED) is 0.598. The molecule has 3 aromatic rings. The average Bonchev–Trinajstić information content (AvgIpc) is 3.57. The minimum atomic E-state index is -0.681. The molecule has 0 radical (unpaired) electrons. The fourth-order valence-corrected chi connectivity index (χ4v) is 5.46. The molecule has 5 heterocycles. The summed E-state index contributed by atoms with van der Waals surface area (Å²) in [6.45, 7) is 6.22. The van der Waals surface area contributed by atoms with Gasteiger partial charge in [0.2, 0.25) is 5.91 Å². The first-order chi connectivity index (χ1) is 16.0. The number of carbonyl (C=O) groups is 2. The van der Waals surface area contributed by atoms with Crippen molar-refractivity contribution in [3.05, 3.63) is 72.2 Å². The average molecular weight is 448 g/mol. The third-order valence-corrected chi connectivity index (χ3v) is 6.99. The monoisotopic (exact) mass is 447 g/mol. The normalized spacial score (nSPS) is 23.1. The molecule has 172 valence electrons. The van der Waals surface area contributed by atoms with Crippen molar-refractivity contribution in [2.75, 3.05) is 19.6 Å². The first-order valence-corrected chi connectivity index (χ1v) is 11.5. The van der Waals surface area contributed by atoms with Crippen molar-refractivity contribution in [3.8, 4) is 0 Å². The van der Waals surface area contributed by atoms with Gasteiger partial charge in [-0.15, -0.1) is 0 Å². The van der Waals surface area contributed by atoms with Crippen molar-refractivity contribution < 1.29 is 14.0 Å². The lowest BCUT2D eigenvalue weighted by atomic mass is 9.70. The second kappa shape index (κ2) is 8.50. The van der Waals surface area contributed by atoms with Crippen molar-refractivity contribution in [1.82, 2.24) is 24.6 Å². The number of nitrogens with zero attached hydrogens (tertiary/aromatic N) is 5. The largest absolute Gasteiger partial charge is 0.472 e. The Morgan fingerprint density at radius 3 is 2.85 bits per heavy atom. The van der Waals surface area contributed by atoms with Crippen molar-refractivity contribution in [2.45, 2.75) is 45.2 Å². The van der Waals surface area contributed by atoms with Crippen LogP contribution in [-0.2, 0) is 11.3 Å². The Balaban J connectivity index is 1.52. The molecule has 2 aliphatic rings. The number of furan rings is 1. The minimum Gasteiger partial charge on any atom is -0.472 e. The number of hydrogen-bond donors (Lipinski definition) is 0. The molecule has 5 rings (SSSR count). The standard InChI is InChI=1S/C25H29N5O3/c1-18(2)30-22(7-11-27-30)21-15-29(23(31)19-8-13-33-16-19)17-25(21)9-5-12-28(24(25)32)14-20-6-3-4-10-26-20/h3-4,6-8,10-11,13,16,18,21H,5,9,12,14-15,17H2,1-2H3/t21-,25+/m0/s1. The van der Waals surface area contributed by atoms with Crippen LogP contribution < -0.4 is 0 Å². The van der Waals surface area contributed by atoms with Crippen LogP contribution in [0.25, 0.3) is 0 Å². The molecule has 8 nitrogen and oxygen atoms in total. The highest BCUT2D eigenvalue weighted by molar-refractivity contribution is 5.95. The van der Waals surface area contributed by atoms with E-state index in [4.69, 9.17) is 4.42 Å². The van der Waals surface area contributed by atoms with Gasteiger partial charge in [0, 0.05) is 49.7 Å². The number of carbonyl (C=O) groups excluding carboxylic acids is 2. The van der Waals surface area contributed by atoms with E-state index in [2.05, 4.69) is 23.9 Å². The Labute approximate surface area is 193 Å². The molecule has 0 unspecified atom stereocenters. The molecule has 0 aliphatic carbocycles. The fourth-order valence-electron chi connectivity index (χ4n) is 5.46. The number of hydrogen-bond acceptors (Lipinski definition) is 5. The maximum absolute atomic E-state index is 14.1. The van der Waals surface area contributed by atoms with Crippen LogP contribution in [0.5, 0.6) is 0 Å². The highest BCUT2D eigenvalue weighted by atomic mass is 16.3. The van der Waals surface area contributed by atoms with Crippen molar-refractivity contribution in [3.63, 3.8) is 0 Å². The van der Waals surface area contributed by atoms with E-state index in [1.165, 1.54) is 12.5 Å². The summed E-state index contributed by atoms with van der Waals surface area (Å²) in [5.74, 6) is -0.128. The molecular formula is C25H29N5O3. The van der Waals surface area contributed by atoms with E-state index in [0.29, 0.717) is 31.7 Å². The second-order valence-corrected chi connectivity index (χ2v) is 9.35. The maximum atomic E-state index is 14.1. The molecule has 0 saturated carbocycles. The number of likely N-dealkylation sites (tertiary alicyclic amines) is 2. The van der Waals surface area contributed by atoms with Gasteiger partial charge in [0.1, 0.15) is 6.26 Å². The van der Waals surface area contributed by atoms with E-state index in [1.54, 1.807) is 18.5 Å². The SMILES string of the molecule is CC(C)n1nccc1[C@@H]1CN(C(=O)c2ccoc2)C[C@]12CCCN(Cc1ccccn1)C2=O. The summed E-state index contributed by atoms with van der Waals surface area (Å²) >= 11 is 0. The molecule has 2 amide bonds. The molecule has 2 fully saturated rings. The lowest BCUT2D eigenvalue weighted by molar-refractivity contribution is -0.147. The summed E-state index contributed by atoms with van der Waals surface area (Å²) in [6.07, 6.45) is 8.15. The van der Waals surface area contributed by atoms with Crippen molar-refractivity contribution in [1.29, 1.82) is 0 Å². The van der Waals surface area contributed by atoms with E-state index < -0.39 is 5.41 Å². The molecule has 2 saturated heterocycles. The molecule has 3 aromatic heterocycles. The Morgan fingerprint density at radius 1 is 1.24 bits per heavy atom. The van der Waals surface area contributed by atoms with Gasteiger partial charge >= 0.3 is 0 Å². The second-order valence-electron chi connectivity index (χ2n) is 9.35. The number of rotatable bonds is 5. The van der Waals surface area contributed by atoms with Crippen LogP contribution in [0.4, 0.5) is 0 Å². The molecule has 8 heteroatoms. The lowest BCUT2D eigenvalue weighted by Crippen LogP contribution is -2.52. The molecule has 33 heavy (non-hydrogen) atoms. The molecule has 0 bridgehead atoms. The Hall–Kier alpha value is -3.42. The highest BCUT2D eigenvalue weighted by Crippen LogP contribution is 2.50. The topological polar surface area (TPSA) is 84.5 Å². The number of piperidine rings is 1. The van der Waals surface area contributed by atoms with Gasteiger partial charge in [0.05, 0.1) is 29.5 Å². The summed E-state index contributed by atoms with van der Waals surface area (Å²) in [5, 5.41) is 4.53. The predicted octanol–water partition coefficient (Wildman–Crippen LogP) is 3.50. The van der Waals surface area contributed by atoms with Gasteiger partial charge in [0.15, 0.2) is 0 Å². The van der Waals surface area contributed by atoms with Crippen LogP contribution in [0.1, 0.15) is 60.4 Å². The summed E-state index contributed by atoms with van der Waals surface area (Å²) in [7, 11) is 0. The zero-order chi connectivity index (χ0) is 23.0. The first kappa shape index (κ1) is 21.4. The zero-order valence-corrected chi connectivity index (χ0v) is 19.1. The van der Waals surface area contributed by atoms with Crippen LogP contribution in [0, 0.1) is 5.41 Å². The van der Waals surface area contributed by atoms with Crippen molar-refractivity contribution in [2.24, 2.45) is 5.41 Å². The number of pyridine rings is 1. The third kappa shape index (κ3) is 3.73. The van der Waals surface area contributed by atoms with E-state index in [0.717, 1.165) is 24.2 Å². The molecule has 0 aromatic carbocycles. The Morgan fingerprint density at radius 2 is 2.12 bits per heavy atom.